The van der Waals surface area contributed by atoms with Crippen LogP contribution in [0.2, 0.25) is 0 Å². The second kappa shape index (κ2) is 8.69. The first-order valence-corrected chi connectivity index (χ1v) is 9.29. The second-order valence-electron chi connectivity index (χ2n) is 5.20. The summed E-state index contributed by atoms with van der Waals surface area (Å²) in [5.41, 5.74) is 0. The highest BCUT2D eigenvalue weighted by atomic mass is 32.2. The van der Waals surface area contributed by atoms with Crippen LogP contribution in [0.4, 0.5) is 0 Å². The van der Waals surface area contributed by atoms with Crippen LogP contribution in [0.5, 0.6) is 0 Å². The molecule has 2 rings (SSSR count). The molecule has 106 valence electrons. The smallest absolute Gasteiger partial charge is 0.0589 e. The molecule has 0 aromatic heterocycles. The highest BCUT2D eigenvalue weighted by molar-refractivity contribution is 8.03. The third kappa shape index (κ3) is 5.29. The Hall–Kier alpha value is 0.580. The summed E-state index contributed by atoms with van der Waals surface area (Å²) >= 11 is 4.22. The summed E-state index contributed by atoms with van der Waals surface area (Å²) in [6.07, 6.45) is 1.35. The van der Waals surface area contributed by atoms with Gasteiger partial charge in [-0.15, -0.1) is 0 Å². The first-order chi connectivity index (χ1) is 8.88. The molecule has 0 bridgehead atoms. The van der Waals surface area contributed by atoms with Crippen molar-refractivity contribution in [2.45, 2.75) is 12.5 Å². The van der Waals surface area contributed by atoms with Crippen molar-refractivity contribution in [3.8, 4) is 0 Å². The SMILES string of the molecule is COCCN1CCC(CNC2CSCCSC2)C1. The van der Waals surface area contributed by atoms with Crippen molar-refractivity contribution >= 4 is 23.5 Å². The predicted octanol–water partition coefficient (Wildman–Crippen LogP) is 1.39. The second-order valence-corrected chi connectivity index (χ2v) is 7.50. The van der Waals surface area contributed by atoms with E-state index in [1.807, 2.05) is 0 Å². The molecule has 2 fully saturated rings. The van der Waals surface area contributed by atoms with Gasteiger partial charge in [0.2, 0.25) is 0 Å². The molecule has 0 saturated carbocycles. The number of nitrogens with zero attached hydrogens (tertiary/aromatic N) is 1. The maximum Gasteiger partial charge on any atom is 0.0589 e. The van der Waals surface area contributed by atoms with E-state index in [0.717, 1.165) is 25.1 Å². The van der Waals surface area contributed by atoms with Crippen molar-refractivity contribution in [2.75, 3.05) is 62.9 Å². The summed E-state index contributed by atoms with van der Waals surface area (Å²) in [4.78, 5) is 2.53. The fourth-order valence-corrected chi connectivity index (χ4v) is 5.04. The summed E-state index contributed by atoms with van der Waals surface area (Å²) in [5.74, 6) is 6.11. The molecule has 5 heteroatoms. The molecule has 0 radical (unpaired) electrons. The first-order valence-electron chi connectivity index (χ1n) is 6.98. The van der Waals surface area contributed by atoms with E-state index < -0.39 is 0 Å². The van der Waals surface area contributed by atoms with Crippen LogP contribution in [0, 0.1) is 5.92 Å². The molecule has 0 spiro atoms. The molecular formula is C13H26N2OS2. The molecule has 0 aliphatic carbocycles. The van der Waals surface area contributed by atoms with Gasteiger partial charge < -0.3 is 15.0 Å². The number of hydrogen-bond acceptors (Lipinski definition) is 5. The maximum atomic E-state index is 5.15. The van der Waals surface area contributed by atoms with Crippen LogP contribution in [0.1, 0.15) is 6.42 Å². The molecule has 3 nitrogen and oxygen atoms in total. The highest BCUT2D eigenvalue weighted by Crippen LogP contribution is 2.18. The van der Waals surface area contributed by atoms with E-state index in [2.05, 4.69) is 33.7 Å². The summed E-state index contributed by atoms with van der Waals surface area (Å²) in [6.45, 7) is 5.68. The van der Waals surface area contributed by atoms with Gasteiger partial charge >= 0.3 is 0 Å². The van der Waals surface area contributed by atoms with Crippen LogP contribution in [0.15, 0.2) is 0 Å². The number of hydrogen-bond donors (Lipinski definition) is 1. The van der Waals surface area contributed by atoms with Crippen molar-refractivity contribution in [1.82, 2.24) is 10.2 Å². The van der Waals surface area contributed by atoms with Crippen molar-refractivity contribution in [3.05, 3.63) is 0 Å². The maximum absolute atomic E-state index is 5.15. The van der Waals surface area contributed by atoms with E-state index >= 15 is 0 Å². The normalized spacial score (nSPS) is 27.5. The van der Waals surface area contributed by atoms with Crippen LogP contribution in [0.25, 0.3) is 0 Å². The fourth-order valence-electron chi connectivity index (χ4n) is 2.57. The summed E-state index contributed by atoms with van der Waals surface area (Å²) < 4.78 is 5.15. The molecule has 18 heavy (non-hydrogen) atoms. The standard InChI is InChI=1S/C13H26N2OS2/c1-16-5-4-15-3-2-12(9-15)8-14-13-10-17-6-7-18-11-13/h12-14H,2-11H2,1H3. The number of ether oxygens (including phenoxy) is 1. The molecule has 2 saturated heterocycles. The number of rotatable bonds is 6. The van der Waals surface area contributed by atoms with E-state index in [9.17, 15) is 0 Å². The van der Waals surface area contributed by atoms with Crippen molar-refractivity contribution in [3.63, 3.8) is 0 Å². The lowest BCUT2D eigenvalue weighted by atomic mass is 10.1. The van der Waals surface area contributed by atoms with E-state index in [0.29, 0.717) is 0 Å². The lowest BCUT2D eigenvalue weighted by molar-refractivity contribution is 0.159. The summed E-state index contributed by atoms with van der Waals surface area (Å²) in [5, 5.41) is 3.78. The number of thioether (sulfide) groups is 2. The van der Waals surface area contributed by atoms with Gasteiger partial charge in [0.15, 0.2) is 0 Å². The molecule has 2 aliphatic heterocycles. The summed E-state index contributed by atoms with van der Waals surface area (Å²) in [7, 11) is 1.79. The van der Waals surface area contributed by atoms with Crippen LogP contribution in [-0.2, 0) is 4.74 Å². The Balaban J connectivity index is 1.59. The topological polar surface area (TPSA) is 24.5 Å². The van der Waals surface area contributed by atoms with E-state index in [1.165, 1.54) is 49.1 Å². The molecular weight excluding hydrogens is 264 g/mol. The zero-order valence-electron chi connectivity index (χ0n) is 11.4. The minimum absolute atomic E-state index is 0.732. The quantitative estimate of drug-likeness (QED) is 0.797. The summed E-state index contributed by atoms with van der Waals surface area (Å²) in [6, 6.07) is 0.732. The zero-order chi connectivity index (χ0) is 12.6. The van der Waals surface area contributed by atoms with Crippen LogP contribution in [0.3, 0.4) is 0 Å². The van der Waals surface area contributed by atoms with Gasteiger partial charge in [-0.2, -0.15) is 23.5 Å². The molecule has 1 N–H and O–H groups in total. The lowest BCUT2D eigenvalue weighted by Crippen LogP contribution is -2.37. The van der Waals surface area contributed by atoms with Crippen molar-refractivity contribution in [2.24, 2.45) is 5.92 Å². The molecule has 0 amide bonds. The molecule has 1 atom stereocenters. The molecule has 2 heterocycles. The average molecular weight is 290 g/mol. The molecule has 0 aromatic carbocycles. The van der Waals surface area contributed by atoms with Gasteiger partial charge in [-0.25, -0.2) is 0 Å². The molecule has 2 aliphatic rings. The van der Waals surface area contributed by atoms with Crippen molar-refractivity contribution < 1.29 is 4.74 Å². The lowest BCUT2D eigenvalue weighted by Gasteiger charge is -2.19. The number of methoxy groups -OCH3 is 1. The number of nitrogens with one attached hydrogen (secondary N) is 1. The van der Waals surface area contributed by atoms with Crippen LogP contribution < -0.4 is 5.32 Å². The van der Waals surface area contributed by atoms with E-state index in [1.54, 1.807) is 7.11 Å². The minimum Gasteiger partial charge on any atom is -0.383 e. The minimum atomic E-state index is 0.732. The van der Waals surface area contributed by atoms with Gasteiger partial charge in [-0.1, -0.05) is 0 Å². The van der Waals surface area contributed by atoms with Gasteiger partial charge in [-0.3, -0.25) is 0 Å². The Morgan fingerprint density at radius 1 is 1.28 bits per heavy atom. The zero-order valence-corrected chi connectivity index (χ0v) is 13.0. The number of likely N-dealkylation sites (tertiary alicyclic amines) is 1. The third-order valence-corrected chi connectivity index (χ3v) is 6.21. The third-order valence-electron chi connectivity index (χ3n) is 3.69. The van der Waals surface area contributed by atoms with Gasteiger partial charge in [0, 0.05) is 49.3 Å². The average Bonchev–Trinajstić information content (AvgIpc) is 2.68. The Labute approximate surface area is 120 Å². The monoisotopic (exact) mass is 290 g/mol. The Bertz CT molecular complexity index is 223. The van der Waals surface area contributed by atoms with Gasteiger partial charge in [0.1, 0.15) is 0 Å². The largest absolute Gasteiger partial charge is 0.383 e. The van der Waals surface area contributed by atoms with Gasteiger partial charge in [0.05, 0.1) is 6.61 Å². The van der Waals surface area contributed by atoms with Gasteiger partial charge in [-0.05, 0) is 25.4 Å². The van der Waals surface area contributed by atoms with Crippen molar-refractivity contribution in [1.29, 1.82) is 0 Å². The predicted molar refractivity (Wildman–Crippen MR) is 82.9 cm³/mol. The van der Waals surface area contributed by atoms with Gasteiger partial charge in [0.25, 0.3) is 0 Å². The van der Waals surface area contributed by atoms with Crippen LogP contribution >= 0.6 is 23.5 Å². The Morgan fingerprint density at radius 2 is 2.06 bits per heavy atom. The Morgan fingerprint density at radius 3 is 2.78 bits per heavy atom. The Kier molecular flexibility index (Phi) is 7.23. The van der Waals surface area contributed by atoms with Crippen LogP contribution in [-0.4, -0.2) is 73.8 Å². The highest BCUT2D eigenvalue weighted by Gasteiger charge is 2.23. The molecule has 1 unspecified atom stereocenters. The first kappa shape index (κ1) is 15.0. The fraction of sp³-hybridized carbons (Fsp3) is 1.00. The van der Waals surface area contributed by atoms with E-state index in [4.69, 9.17) is 4.74 Å². The molecule has 0 aromatic rings. The van der Waals surface area contributed by atoms with E-state index in [-0.39, 0.29) is 0 Å².